The Bertz CT molecular complexity index is 225. The first-order valence-electron chi connectivity index (χ1n) is 6.87. The molecule has 0 bridgehead atoms. The lowest BCUT2D eigenvalue weighted by atomic mass is 9.98. The van der Waals surface area contributed by atoms with Crippen LogP contribution >= 0.6 is 0 Å². The number of likely N-dealkylation sites (tertiary alicyclic amines) is 1. The van der Waals surface area contributed by atoms with Gasteiger partial charge in [-0.2, -0.15) is 0 Å². The number of methoxy groups -OCH3 is 1. The Morgan fingerprint density at radius 2 is 2.06 bits per heavy atom. The Balaban J connectivity index is 2.39. The average Bonchev–Trinajstić information content (AvgIpc) is 2.24. The zero-order valence-corrected chi connectivity index (χ0v) is 12.4. The van der Waals surface area contributed by atoms with Gasteiger partial charge in [0.05, 0.1) is 6.10 Å². The molecule has 1 N–H and O–H groups in total. The summed E-state index contributed by atoms with van der Waals surface area (Å²) in [6, 6.07) is 1.23. The van der Waals surface area contributed by atoms with Crippen molar-refractivity contribution in [2.24, 2.45) is 0 Å². The lowest BCUT2D eigenvalue weighted by molar-refractivity contribution is 0.00107. The molecule has 17 heavy (non-hydrogen) atoms. The second-order valence-corrected chi connectivity index (χ2v) is 6.45. The van der Waals surface area contributed by atoms with Gasteiger partial charge in [-0.3, -0.25) is 4.90 Å². The summed E-state index contributed by atoms with van der Waals surface area (Å²) < 4.78 is 5.46. The number of nitrogens with one attached hydrogen (secondary N) is 1. The lowest BCUT2D eigenvalue weighted by Crippen LogP contribution is -2.52. The molecule has 3 unspecified atom stereocenters. The molecule has 0 aliphatic carbocycles. The van der Waals surface area contributed by atoms with Crippen molar-refractivity contribution in [2.45, 2.75) is 71.2 Å². The Labute approximate surface area is 107 Å². The van der Waals surface area contributed by atoms with Crippen LogP contribution in [0, 0.1) is 0 Å². The fraction of sp³-hybridized carbons (Fsp3) is 1.00. The second kappa shape index (κ2) is 6.17. The van der Waals surface area contributed by atoms with Gasteiger partial charge in [-0.05, 0) is 47.5 Å². The minimum Gasteiger partial charge on any atom is -0.381 e. The molecule has 1 heterocycles. The van der Waals surface area contributed by atoms with E-state index in [0.29, 0.717) is 18.2 Å². The fourth-order valence-corrected chi connectivity index (χ4v) is 2.59. The number of hydrogen-bond donors (Lipinski definition) is 1. The van der Waals surface area contributed by atoms with Gasteiger partial charge in [-0.25, -0.2) is 0 Å². The molecule has 0 aromatic heterocycles. The SMILES string of the molecule is COC1CCN(C(C)CNC(C)(C)C)C(C)C1. The normalized spacial score (nSPS) is 29.3. The van der Waals surface area contributed by atoms with E-state index in [2.05, 4.69) is 44.8 Å². The van der Waals surface area contributed by atoms with E-state index >= 15 is 0 Å². The molecule has 1 aliphatic rings. The molecule has 0 spiro atoms. The Morgan fingerprint density at radius 3 is 2.53 bits per heavy atom. The summed E-state index contributed by atoms with van der Waals surface area (Å²) in [5, 5.41) is 3.59. The van der Waals surface area contributed by atoms with Gasteiger partial charge in [0.2, 0.25) is 0 Å². The molecule has 3 atom stereocenters. The van der Waals surface area contributed by atoms with Gasteiger partial charge in [0.15, 0.2) is 0 Å². The number of piperidine rings is 1. The van der Waals surface area contributed by atoms with E-state index in [4.69, 9.17) is 4.74 Å². The minimum atomic E-state index is 0.211. The van der Waals surface area contributed by atoms with E-state index in [0.717, 1.165) is 19.5 Å². The molecular weight excluding hydrogens is 212 g/mol. The predicted octanol–water partition coefficient (Wildman–Crippen LogP) is 2.26. The molecule has 3 heteroatoms. The Kier molecular flexibility index (Phi) is 5.42. The van der Waals surface area contributed by atoms with Crippen LogP contribution in [0.25, 0.3) is 0 Å². The highest BCUT2D eigenvalue weighted by molar-refractivity contribution is 4.84. The van der Waals surface area contributed by atoms with Crippen molar-refractivity contribution >= 4 is 0 Å². The van der Waals surface area contributed by atoms with Crippen LogP contribution in [0.1, 0.15) is 47.5 Å². The first kappa shape index (κ1) is 14.9. The zero-order valence-electron chi connectivity index (χ0n) is 12.4. The van der Waals surface area contributed by atoms with E-state index in [9.17, 15) is 0 Å². The van der Waals surface area contributed by atoms with Gasteiger partial charge in [-0.15, -0.1) is 0 Å². The zero-order chi connectivity index (χ0) is 13.1. The largest absolute Gasteiger partial charge is 0.381 e. The van der Waals surface area contributed by atoms with Crippen LogP contribution in [-0.4, -0.2) is 48.8 Å². The van der Waals surface area contributed by atoms with Crippen molar-refractivity contribution in [1.29, 1.82) is 0 Å². The van der Waals surface area contributed by atoms with Gasteiger partial charge < -0.3 is 10.1 Å². The summed E-state index contributed by atoms with van der Waals surface area (Å²) in [7, 11) is 1.83. The van der Waals surface area contributed by atoms with Crippen molar-refractivity contribution in [1.82, 2.24) is 10.2 Å². The van der Waals surface area contributed by atoms with Crippen LogP contribution in [0.5, 0.6) is 0 Å². The first-order valence-corrected chi connectivity index (χ1v) is 6.87. The highest BCUT2D eigenvalue weighted by Gasteiger charge is 2.28. The summed E-state index contributed by atoms with van der Waals surface area (Å²) >= 11 is 0. The molecule has 1 saturated heterocycles. The van der Waals surface area contributed by atoms with E-state index in [1.807, 2.05) is 7.11 Å². The van der Waals surface area contributed by atoms with Gasteiger partial charge >= 0.3 is 0 Å². The van der Waals surface area contributed by atoms with E-state index < -0.39 is 0 Å². The van der Waals surface area contributed by atoms with Crippen LogP contribution < -0.4 is 5.32 Å². The summed E-state index contributed by atoms with van der Waals surface area (Å²) in [4.78, 5) is 2.61. The van der Waals surface area contributed by atoms with Crippen LogP contribution in [-0.2, 0) is 4.74 Å². The molecule has 0 amide bonds. The Morgan fingerprint density at radius 1 is 1.41 bits per heavy atom. The van der Waals surface area contributed by atoms with E-state index in [1.54, 1.807) is 0 Å². The standard InChI is InChI=1S/C14H30N2O/c1-11-9-13(17-6)7-8-16(11)12(2)10-15-14(3,4)5/h11-13,15H,7-10H2,1-6H3. The summed E-state index contributed by atoms with van der Waals surface area (Å²) in [6.07, 6.45) is 2.79. The van der Waals surface area contributed by atoms with Crippen molar-refractivity contribution < 1.29 is 4.74 Å². The monoisotopic (exact) mass is 242 g/mol. The quantitative estimate of drug-likeness (QED) is 0.818. The third-order valence-electron chi connectivity index (χ3n) is 3.71. The third-order valence-corrected chi connectivity index (χ3v) is 3.71. The third kappa shape index (κ3) is 4.94. The van der Waals surface area contributed by atoms with Crippen molar-refractivity contribution in [3.05, 3.63) is 0 Å². The number of rotatable bonds is 4. The minimum absolute atomic E-state index is 0.211. The maximum absolute atomic E-state index is 5.46. The van der Waals surface area contributed by atoms with Crippen LogP contribution in [0.2, 0.25) is 0 Å². The van der Waals surface area contributed by atoms with Crippen LogP contribution in [0.4, 0.5) is 0 Å². The molecule has 0 saturated carbocycles. The lowest BCUT2D eigenvalue weighted by Gasteiger charge is -2.41. The smallest absolute Gasteiger partial charge is 0.0598 e. The average molecular weight is 242 g/mol. The van der Waals surface area contributed by atoms with E-state index in [1.165, 1.54) is 6.42 Å². The molecule has 0 aromatic carbocycles. The predicted molar refractivity (Wildman–Crippen MR) is 73.4 cm³/mol. The molecule has 1 aliphatic heterocycles. The van der Waals surface area contributed by atoms with E-state index in [-0.39, 0.29) is 5.54 Å². The van der Waals surface area contributed by atoms with Gasteiger partial charge in [-0.1, -0.05) is 0 Å². The molecule has 102 valence electrons. The molecular formula is C14H30N2O. The van der Waals surface area contributed by atoms with Crippen molar-refractivity contribution in [3.8, 4) is 0 Å². The number of nitrogens with zero attached hydrogens (tertiary/aromatic N) is 1. The number of hydrogen-bond acceptors (Lipinski definition) is 3. The first-order chi connectivity index (χ1) is 7.83. The van der Waals surface area contributed by atoms with Crippen molar-refractivity contribution in [3.63, 3.8) is 0 Å². The van der Waals surface area contributed by atoms with Crippen LogP contribution in [0.15, 0.2) is 0 Å². The van der Waals surface area contributed by atoms with Gasteiger partial charge in [0, 0.05) is 37.8 Å². The highest BCUT2D eigenvalue weighted by atomic mass is 16.5. The molecule has 1 rings (SSSR count). The second-order valence-electron chi connectivity index (χ2n) is 6.45. The topological polar surface area (TPSA) is 24.5 Å². The Hall–Kier alpha value is -0.120. The molecule has 0 radical (unpaired) electrons. The van der Waals surface area contributed by atoms with Gasteiger partial charge in [0.1, 0.15) is 0 Å². The molecule has 3 nitrogen and oxygen atoms in total. The fourth-order valence-electron chi connectivity index (χ4n) is 2.59. The summed E-state index contributed by atoms with van der Waals surface area (Å²) in [6.45, 7) is 13.5. The maximum atomic E-state index is 5.46. The van der Waals surface area contributed by atoms with Crippen molar-refractivity contribution in [2.75, 3.05) is 20.2 Å². The number of ether oxygens (including phenoxy) is 1. The van der Waals surface area contributed by atoms with Gasteiger partial charge in [0.25, 0.3) is 0 Å². The molecule has 1 fully saturated rings. The highest BCUT2D eigenvalue weighted by Crippen LogP contribution is 2.21. The van der Waals surface area contributed by atoms with Crippen LogP contribution in [0.3, 0.4) is 0 Å². The summed E-state index contributed by atoms with van der Waals surface area (Å²) in [5.41, 5.74) is 0.211. The summed E-state index contributed by atoms with van der Waals surface area (Å²) in [5.74, 6) is 0. The molecule has 0 aromatic rings. The maximum Gasteiger partial charge on any atom is 0.0598 e.